The lowest BCUT2D eigenvalue weighted by atomic mass is 10.2. The van der Waals surface area contributed by atoms with Gasteiger partial charge in [-0.1, -0.05) is 17.7 Å². The number of amides is 1. The molecule has 0 aliphatic heterocycles. The molecule has 0 fully saturated rings. The molecule has 14 heteroatoms. The summed E-state index contributed by atoms with van der Waals surface area (Å²) in [7, 11) is 0. The Hall–Kier alpha value is -3.74. The molecule has 1 amide bonds. The van der Waals surface area contributed by atoms with Crippen molar-refractivity contribution in [2.45, 2.75) is 18.4 Å². The first-order chi connectivity index (χ1) is 16.0. The fourth-order valence-electron chi connectivity index (χ4n) is 2.81. The van der Waals surface area contributed by atoms with Crippen molar-refractivity contribution in [2.24, 2.45) is 0 Å². The lowest BCUT2D eigenvalue weighted by molar-refractivity contribution is -0.624. The minimum atomic E-state index is -3.67. The van der Waals surface area contributed by atoms with Crippen LogP contribution in [0.1, 0.15) is 11.4 Å². The number of anilines is 1. The molecule has 0 aromatic carbocycles. The summed E-state index contributed by atoms with van der Waals surface area (Å²) in [4.78, 5) is 31.9. The summed E-state index contributed by atoms with van der Waals surface area (Å²) in [6, 6.07) is 7.36. The highest BCUT2D eigenvalue weighted by atomic mass is 35.5. The van der Waals surface area contributed by atoms with Crippen LogP contribution in [0.3, 0.4) is 0 Å². The number of aromatic nitrogens is 4. The van der Waals surface area contributed by atoms with Gasteiger partial charge in [0.2, 0.25) is 5.91 Å². The quantitative estimate of drug-likeness (QED) is 0.264. The van der Waals surface area contributed by atoms with Crippen molar-refractivity contribution >= 4 is 23.3 Å². The Balaban J connectivity index is 1.69. The standard InChI is InChI=1S/C20H17ClF4N6O3/c21-15-9-27-17(29-12-20(24,25)14-6-2-4-8-31(14)34)18(33)30(15)10-16(32)28-11-19(22,23)13-5-1-3-7-26-13/h1-9H,10-12H2,(H,27,29)(H,28,32). The molecule has 0 bridgehead atoms. The summed E-state index contributed by atoms with van der Waals surface area (Å²) in [5, 5.41) is 15.4. The first kappa shape index (κ1) is 24.9. The second-order valence-electron chi connectivity index (χ2n) is 6.99. The number of hydrogen-bond acceptors (Lipinski definition) is 6. The van der Waals surface area contributed by atoms with Crippen molar-refractivity contribution in [3.63, 3.8) is 0 Å². The molecule has 3 rings (SSSR count). The van der Waals surface area contributed by atoms with E-state index in [1.165, 1.54) is 30.5 Å². The van der Waals surface area contributed by atoms with E-state index >= 15 is 0 Å². The lowest BCUT2D eigenvalue weighted by Crippen LogP contribution is -2.42. The van der Waals surface area contributed by atoms with Crippen LogP contribution < -0.4 is 20.9 Å². The summed E-state index contributed by atoms with van der Waals surface area (Å²) in [6.07, 6.45) is 3.00. The van der Waals surface area contributed by atoms with Crippen LogP contribution >= 0.6 is 11.6 Å². The fraction of sp³-hybridized carbons (Fsp3) is 0.250. The minimum Gasteiger partial charge on any atom is -0.618 e. The molecule has 0 radical (unpaired) electrons. The smallest absolute Gasteiger partial charge is 0.347 e. The zero-order valence-corrected chi connectivity index (χ0v) is 18.0. The molecule has 3 aromatic heterocycles. The van der Waals surface area contributed by atoms with E-state index in [0.717, 1.165) is 24.5 Å². The van der Waals surface area contributed by atoms with Crippen molar-refractivity contribution in [3.05, 3.63) is 87.1 Å². The minimum absolute atomic E-state index is 0.0136. The summed E-state index contributed by atoms with van der Waals surface area (Å²) in [5.74, 6) is -8.71. The van der Waals surface area contributed by atoms with Gasteiger partial charge in [0.1, 0.15) is 17.4 Å². The van der Waals surface area contributed by atoms with Gasteiger partial charge in [0.25, 0.3) is 11.3 Å². The van der Waals surface area contributed by atoms with Crippen LogP contribution in [0.2, 0.25) is 5.15 Å². The average molecular weight is 501 g/mol. The molecule has 9 nitrogen and oxygen atoms in total. The third-order valence-electron chi connectivity index (χ3n) is 4.53. The van der Waals surface area contributed by atoms with Crippen molar-refractivity contribution < 1.29 is 27.1 Å². The number of carbonyl (C=O) groups is 1. The Morgan fingerprint density at radius 2 is 1.82 bits per heavy atom. The maximum atomic E-state index is 14.4. The number of nitrogens with zero attached hydrogens (tertiary/aromatic N) is 4. The maximum Gasteiger partial charge on any atom is 0.347 e. The van der Waals surface area contributed by atoms with Crippen LogP contribution in [0, 0.1) is 5.21 Å². The normalized spacial score (nSPS) is 11.8. The van der Waals surface area contributed by atoms with E-state index in [2.05, 4.69) is 15.3 Å². The van der Waals surface area contributed by atoms with Crippen LogP contribution in [0.4, 0.5) is 23.4 Å². The average Bonchev–Trinajstić information content (AvgIpc) is 2.81. The Morgan fingerprint density at radius 1 is 1.09 bits per heavy atom. The van der Waals surface area contributed by atoms with Gasteiger partial charge in [0.15, 0.2) is 12.0 Å². The number of alkyl halides is 4. The van der Waals surface area contributed by atoms with Gasteiger partial charge < -0.3 is 15.8 Å². The number of hydrogen-bond donors (Lipinski definition) is 2. The molecule has 0 unspecified atom stereocenters. The third-order valence-corrected chi connectivity index (χ3v) is 4.83. The molecule has 0 spiro atoms. The Bertz CT molecular complexity index is 1230. The van der Waals surface area contributed by atoms with Gasteiger partial charge in [-0.05, 0) is 18.2 Å². The van der Waals surface area contributed by atoms with E-state index in [1.54, 1.807) is 0 Å². The molecule has 0 saturated carbocycles. The van der Waals surface area contributed by atoms with E-state index < -0.39 is 60.2 Å². The van der Waals surface area contributed by atoms with Crippen molar-refractivity contribution in [2.75, 3.05) is 18.4 Å². The van der Waals surface area contributed by atoms with Gasteiger partial charge >= 0.3 is 11.8 Å². The molecule has 180 valence electrons. The van der Waals surface area contributed by atoms with E-state index in [1.807, 2.05) is 5.32 Å². The molecular weight excluding hydrogens is 484 g/mol. The molecule has 34 heavy (non-hydrogen) atoms. The zero-order chi connectivity index (χ0) is 24.9. The van der Waals surface area contributed by atoms with Crippen LogP contribution in [-0.4, -0.2) is 33.5 Å². The second kappa shape index (κ2) is 10.0. The molecule has 0 saturated heterocycles. The summed E-state index contributed by atoms with van der Waals surface area (Å²) >= 11 is 5.88. The number of halogens is 5. The van der Waals surface area contributed by atoms with Gasteiger partial charge in [-0.15, -0.1) is 0 Å². The van der Waals surface area contributed by atoms with Crippen molar-refractivity contribution in [1.29, 1.82) is 0 Å². The molecule has 3 heterocycles. The van der Waals surface area contributed by atoms with Crippen LogP contribution in [-0.2, 0) is 23.2 Å². The lowest BCUT2D eigenvalue weighted by Gasteiger charge is -2.18. The fourth-order valence-corrected chi connectivity index (χ4v) is 3.00. The number of pyridine rings is 2. The summed E-state index contributed by atoms with van der Waals surface area (Å²) in [5.41, 5.74) is -2.46. The van der Waals surface area contributed by atoms with E-state index in [4.69, 9.17) is 11.6 Å². The number of rotatable bonds is 9. The van der Waals surface area contributed by atoms with E-state index in [-0.39, 0.29) is 9.88 Å². The van der Waals surface area contributed by atoms with Gasteiger partial charge in [-0.2, -0.15) is 22.3 Å². The van der Waals surface area contributed by atoms with Gasteiger partial charge in [0, 0.05) is 18.3 Å². The van der Waals surface area contributed by atoms with Crippen LogP contribution in [0.15, 0.2) is 59.8 Å². The second-order valence-corrected chi connectivity index (χ2v) is 7.37. The molecule has 0 aliphatic carbocycles. The monoisotopic (exact) mass is 500 g/mol. The molecular formula is C20H17ClF4N6O3. The summed E-state index contributed by atoms with van der Waals surface area (Å²) in [6.45, 7) is -3.03. The van der Waals surface area contributed by atoms with Gasteiger partial charge in [0.05, 0.1) is 19.3 Å². The first-order valence-electron chi connectivity index (χ1n) is 9.63. The largest absolute Gasteiger partial charge is 0.618 e. The van der Waals surface area contributed by atoms with Crippen LogP contribution in [0.5, 0.6) is 0 Å². The highest BCUT2D eigenvalue weighted by molar-refractivity contribution is 6.29. The Morgan fingerprint density at radius 3 is 2.50 bits per heavy atom. The Labute approximate surface area is 194 Å². The molecule has 3 aromatic rings. The summed E-state index contributed by atoms with van der Waals surface area (Å²) < 4.78 is 57.8. The molecule has 2 N–H and O–H groups in total. The first-order valence-corrected chi connectivity index (χ1v) is 10.0. The Kier molecular flexibility index (Phi) is 7.35. The maximum absolute atomic E-state index is 14.4. The SMILES string of the molecule is O=C(Cn1c(Cl)cnc(NCC(F)(F)c2cccc[n+]2[O-])c1=O)NCC(F)(F)c1ccccn1. The van der Waals surface area contributed by atoms with Crippen LogP contribution in [0.25, 0.3) is 0 Å². The predicted octanol–water partition coefficient (Wildman–Crippen LogP) is 2.04. The van der Waals surface area contributed by atoms with Gasteiger partial charge in [-0.25, -0.2) is 4.98 Å². The number of nitrogens with one attached hydrogen (secondary N) is 2. The van der Waals surface area contributed by atoms with Gasteiger partial charge in [-0.3, -0.25) is 19.1 Å². The highest BCUT2D eigenvalue weighted by Crippen LogP contribution is 2.25. The van der Waals surface area contributed by atoms with Crippen molar-refractivity contribution in [3.8, 4) is 0 Å². The van der Waals surface area contributed by atoms with E-state index in [9.17, 15) is 32.4 Å². The zero-order valence-electron chi connectivity index (χ0n) is 17.2. The van der Waals surface area contributed by atoms with E-state index in [0.29, 0.717) is 4.57 Å². The number of carbonyl (C=O) groups excluding carboxylic acids is 1. The van der Waals surface area contributed by atoms with Crippen molar-refractivity contribution in [1.82, 2.24) is 19.9 Å². The highest BCUT2D eigenvalue weighted by Gasteiger charge is 2.39. The topological polar surface area (TPSA) is 116 Å². The predicted molar refractivity (Wildman–Crippen MR) is 112 cm³/mol. The third kappa shape index (κ3) is 5.78. The molecule has 0 atom stereocenters. The molecule has 0 aliphatic rings.